The molecule has 0 aliphatic rings. The van der Waals surface area contributed by atoms with E-state index in [-0.39, 0.29) is 16.5 Å². The Bertz CT molecular complexity index is 534. The van der Waals surface area contributed by atoms with Gasteiger partial charge < -0.3 is 4.74 Å². The maximum Gasteiger partial charge on any atom is 0.242 e. The van der Waals surface area contributed by atoms with Gasteiger partial charge in [0.25, 0.3) is 0 Å². The summed E-state index contributed by atoms with van der Waals surface area (Å²) >= 11 is 0. The van der Waals surface area contributed by atoms with Crippen LogP contribution in [-0.4, -0.2) is 27.7 Å². The van der Waals surface area contributed by atoms with Gasteiger partial charge in [-0.15, -0.1) is 0 Å². The summed E-state index contributed by atoms with van der Waals surface area (Å²) in [6, 6.07) is 7.62. The lowest BCUT2D eigenvalue weighted by Crippen LogP contribution is -2.36. The fourth-order valence-electron chi connectivity index (χ4n) is 1.45. The molecule has 0 aromatic heterocycles. The monoisotopic (exact) mass is 268 g/mol. The predicted molar refractivity (Wildman–Crippen MR) is 67.4 cm³/mol. The first-order chi connectivity index (χ1) is 8.51. The van der Waals surface area contributed by atoms with Crippen molar-refractivity contribution in [1.82, 2.24) is 4.72 Å². The predicted octanol–water partition coefficient (Wildman–Crippen LogP) is 1.26. The van der Waals surface area contributed by atoms with Crippen LogP contribution < -0.4 is 4.72 Å². The van der Waals surface area contributed by atoms with Crippen molar-refractivity contribution in [2.45, 2.75) is 24.8 Å². The van der Waals surface area contributed by atoms with Crippen molar-refractivity contribution in [1.29, 1.82) is 5.26 Å². The topological polar surface area (TPSA) is 79.2 Å². The van der Waals surface area contributed by atoms with Crippen molar-refractivity contribution in [3.8, 4) is 6.07 Å². The maximum atomic E-state index is 12.1. The highest BCUT2D eigenvalue weighted by Gasteiger charge is 2.20. The summed E-state index contributed by atoms with van der Waals surface area (Å²) < 4.78 is 31.8. The molecule has 0 heterocycles. The van der Waals surface area contributed by atoms with E-state index in [4.69, 9.17) is 10.00 Å². The molecule has 0 aliphatic heterocycles. The average Bonchev–Trinajstić information content (AvgIpc) is 2.35. The number of rotatable bonds is 6. The number of nitrogens with zero attached hydrogens (tertiary/aromatic N) is 1. The Kier molecular flexibility index (Phi) is 5.28. The maximum absolute atomic E-state index is 12.1. The molecule has 1 aromatic rings. The van der Waals surface area contributed by atoms with Crippen molar-refractivity contribution in [2.75, 3.05) is 13.2 Å². The average molecular weight is 268 g/mol. The Labute approximate surface area is 107 Å². The largest absolute Gasteiger partial charge is 0.380 e. The van der Waals surface area contributed by atoms with E-state index in [1.54, 1.807) is 19.1 Å². The van der Waals surface area contributed by atoms with Gasteiger partial charge >= 0.3 is 0 Å². The molecule has 0 amide bonds. The van der Waals surface area contributed by atoms with Gasteiger partial charge in [0, 0.05) is 12.6 Å². The zero-order valence-corrected chi connectivity index (χ0v) is 11.2. The molecule has 98 valence electrons. The Morgan fingerprint density at radius 2 is 2.11 bits per heavy atom. The lowest BCUT2D eigenvalue weighted by molar-refractivity contribution is 0.133. The SMILES string of the molecule is CCOCC(C)NS(=O)(=O)c1ccccc1C#N. The number of benzene rings is 1. The van der Waals surface area contributed by atoms with Crippen LogP contribution in [-0.2, 0) is 14.8 Å². The zero-order valence-electron chi connectivity index (χ0n) is 10.4. The molecule has 0 fully saturated rings. The molecule has 0 bridgehead atoms. The standard InChI is InChI=1S/C12H16N2O3S/c1-3-17-9-10(2)14-18(15,16)12-7-5-4-6-11(12)8-13/h4-7,10,14H,3,9H2,1-2H3. The third-order valence-electron chi connectivity index (χ3n) is 2.23. The second-order valence-electron chi connectivity index (χ2n) is 3.79. The molecule has 6 heteroatoms. The first-order valence-electron chi connectivity index (χ1n) is 5.60. The van der Waals surface area contributed by atoms with Crippen LogP contribution in [0.5, 0.6) is 0 Å². The quantitative estimate of drug-likeness (QED) is 0.842. The number of sulfonamides is 1. The molecule has 0 aliphatic carbocycles. The van der Waals surface area contributed by atoms with Crippen LogP contribution in [0.3, 0.4) is 0 Å². The van der Waals surface area contributed by atoms with Gasteiger partial charge in [-0.1, -0.05) is 12.1 Å². The van der Waals surface area contributed by atoms with Crippen molar-refractivity contribution in [3.05, 3.63) is 29.8 Å². The minimum Gasteiger partial charge on any atom is -0.380 e. The van der Waals surface area contributed by atoms with Crippen LogP contribution in [0.4, 0.5) is 0 Å². The van der Waals surface area contributed by atoms with Crippen molar-refractivity contribution in [2.24, 2.45) is 0 Å². The molecule has 1 rings (SSSR count). The summed E-state index contributed by atoms with van der Waals surface area (Å²) in [5.74, 6) is 0. The van der Waals surface area contributed by atoms with E-state index in [0.29, 0.717) is 13.2 Å². The van der Waals surface area contributed by atoms with E-state index < -0.39 is 10.0 Å². The van der Waals surface area contributed by atoms with Crippen molar-refractivity contribution in [3.63, 3.8) is 0 Å². The van der Waals surface area contributed by atoms with Crippen LogP contribution in [0.2, 0.25) is 0 Å². The molecule has 18 heavy (non-hydrogen) atoms. The first kappa shape index (κ1) is 14.6. The number of ether oxygens (including phenoxy) is 1. The molecule has 5 nitrogen and oxygen atoms in total. The van der Waals surface area contributed by atoms with Crippen LogP contribution in [0.25, 0.3) is 0 Å². The number of hydrogen-bond donors (Lipinski definition) is 1. The van der Waals surface area contributed by atoms with Crippen LogP contribution in [0, 0.1) is 11.3 Å². The zero-order chi connectivity index (χ0) is 13.6. The van der Waals surface area contributed by atoms with Crippen molar-refractivity contribution < 1.29 is 13.2 Å². The van der Waals surface area contributed by atoms with Gasteiger partial charge in [-0.25, -0.2) is 13.1 Å². The minimum atomic E-state index is -3.69. The smallest absolute Gasteiger partial charge is 0.242 e. The fraction of sp³-hybridized carbons (Fsp3) is 0.417. The van der Waals surface area contributed by atoms with Gasteiger partial charge in [-0.05, 0) is 26.0 Å². The highest BCUT2D eigenvalue weighted by Crippen LogP contribution is 2.14. The third kappa shape index (κ3) is 3.81. The molecule has 0 saturated carbocycles. The molecule has 1 unspecified atom stereocenters. The molecule has 0 saturated heterocycles. The summed E-state index contributed by atoms with van der Waals surface area (Å²) in [5.41, 5.74) is 0.133. The third-order valence-corrected chi connectivity index (χ3v) is 3.87. The molecular formula is C12H16N2O3S. The number of nitrogens with one attached hydrogen (secondary N) is 1. The van der Waals surface area contributed by atoms with Gasteiger partial charge in [0.2, 0.25) is 10.0 Å². The van der Waals surface area contributed by atoms with Crippen LogP contribution in [0.15, 0.2) is 29.2 Å². The van der Waals surface area contributed by atoms with Gasteiger partial charge in [0.1, 0.15) is 6.07 Å². The highest BCUT2D eigenvalue weighted by atomic mass is 32.2. The number of hydrogen-bond acceptors (Lipinski definition) is 4. The van der Waals surface area contributed by atoms with E-state index in [1.165, 1.54) is 12.1 Å². The Morgan fingerprint density at radius 1 is 1.44 bits per heavy atom. The lowest BCUT2D eigenvalue weighted by atomic mass is 10.2. The van der Waals surface area contributed by atoms with E-state index >= 15 is 0 Å². The molecular weight excluding hydrogens is 252 g/mol. The molecule has 1 atom stereocenters. The summed E-state index contributed by atoms with van der Waals surface area (Å²) in [7, 11) is -3.69. The van der Waals surface area contributed by atoms with Gasteiger partial charge in [-0.3, -0.25) is 0 Å². The molecule has 0 spiro atoms. The Hall–Kier alpha value is -1.42. The van der Waals surface area contributed by atoms with E-state index in [9.17, 15) is 8.42 Å². The molecule has 1 N–H and O–H groups in total. The normalized spacial score (nSPS) is 12.9. The summed E-state index contributed by atoms with van der Waals surface area (Å²) in [4.78, 5) is -0.00384. The molecule has 1 aromatic carbocycles. The van der Waals surface area contributed by atoms with Gasteiger partial charge in [0.15, 0.2) is 0 Å². The van der Waals surface area contributed by atoms with E-state index in [2.05, 4.69) is 4.72 Å². The highest BCUT2D eigenvalue weighted by molar-refractivity contribution is 7.89. The summed E-state index contributed by atoms with van der Waals surface area (Å²) in [5, 5.41) is 8.89. The van der Waals surface area contributed by atoms with E-state index in [0.717, 1.165) is 0 Å². The minimum absolute atomic E-state index is 0.00384. The Morgan fingerprint density at radius 3 is 2.72 bits per heavy atom. The van der Waals surface area contributed by atoms with Gasteiger partial charge in [0.05, 0.1) is 17.1 Å². The second-order valence-corrected chi connectivity index (χ2v) is 5.47. The van der Waals surface area contributed by atoms with E-state index in [1.807, 2.05) is 13.0 Å². The molecule has 0 radical (unpaired) electrons. The fourth-order valence-corrected chi connectivity index (χ4v) is 2.84. The van der Waals surface area contributed by atoms with Crippen molar-refractivity contribution >= 4 is 10.0 Å². The Balaban J connectivity index is 2.90. The number of nitriles is 1. The second kappa shape index (κ2) is 6.50. The summed E-state index contributed by atoms with van der Waals surface area (Å²) in [6.07, 6.45) is 0. The summed E-state index contributed by atoms with van der Waals surface area (Å²) in [6.45, 7) is 4.37. The lowest BCUT2D eigenvalue weighted by Gasteiger charge is -2.14. The van der Waals surface area contributed by atoms with Crippen LogP contribution >= 0.6 is 0 Å². The van der Waals surface area contributed by atoms with Gasteiger partial charge in [-0.2, -0.15) is 5.26 Å². The van der Waals surface area contributed by atoms with Crippen LogP contribution in [0.1, 0.15) is 19.4 Å². The first-order valence-corrected chi connectivity index (χ1v) is 7.08.